The van der Waals surface area contributed by atoms with Crippen LogP contribution in [0.25, 0.3) is 0 Å². The SMILES string of the molecule is CC1CCC(Cc2cc3c(c(F)c2F)OC(C)CC3)CC1.CCCCCc1cc2c(c(F)c1F)OC(C)CC2.Cc1ccc(Cc2cc3c(c(F)c2F)OC(C)CC3)cc1. The number of unbranched alkanes of at least 4 members (excludes halogenated alkanes) is 2. The van der Waals surface area contributed by atoms with Crippen molar-refractivity contribution >= 4 is 0 Å². The molecule has 4 aromatic carbocycles. The first-order valence-corrected chi connectivity index (χ1v) is 22.3. The lowest BCUT2D eigenvalue weighted by Crippen LogP contribution is -2.21. The summed E-state index contributed by atoms with van der Waals surface area (Å²) in [7, 11) is 0. The lowest BCUT2D eigenvalue weighted by molar-refractivity contribution is 0.180. The summed E-state index contributed by atoms with van der Waals surface area (Å²) < 4.78 is 101. The predicted octanol–water partition coefficient (Wildman–Crippen LogP) is 14.0. The molecule has 0 aromatic heterocycles. The molecule has 60 heavy (non-hydrogen) atoms. The highest BCUT2D eigenvalue weighted by Crippen LogP contribution is 2.38. The largest absolute Gasteiger partial charge is 0.487 e. The predicted molar refractivity (Wildman–Crippen MR) is 226 cm³/mol. The van der Waals surface area contributed by atoms with Crippen molar-refractivity contribution in [1.82, 2.24) is 0 Å². The number of halogens is 6. The molecule has 3 atom stereocenters. The van der Waals surface area contributed by atoms with E-state index in [1.165, 1.54) is 12.8 Å². The molecule has 3 aliphatic heterocycles. The Morgan fingerprint density at radius 3 is 1.43 bits per heavy atom. The van der Waals surface area contributed by atoms with E-state index in [1.807, 2.05) is 58.0 Å². The van der Waals surface area contributed by atoms with Crippen LogP contribution in [0.5, 0.6) is 17.2 Å². The number of aryl methyl sites for hydroxylation is 5. The molecule has 4 aromatic rings. The second kappa shape index (κ2) is 20.6. The maximum absolute atomic E-state index is 14.3. The molecule has 9 heteroatoms. The van der Waals surface area contributed by atoms with Gasteiger partial charge in [-0.05, 0) is 167 Å². The summed E-state index contributed by atoms with van der Waals surface area (Å²) in [6.07, 6.45) is 14.1. The molecule has 3 nitrogen and oxygen atoms in total. The molecule has 3 unspecified atom stereocenters. The van der Waals surface area contributed by atoms with E-state index in [-0.39, 0.29) is 35.6 Å². The van der Waals surface area contributed by atoms with Gasteiger partial charge in [0.25, 0.3) is 0 Å². The highest BCUT2D eigenvalue weighted by atomic mass is 19.2. The summed E-state index contributed by atoms with van der Waals surface area (Å²) in [4.78, 5) is 0. The minimum atomic E-state index is -0.846. The summed E-state index contributed by atoms with van der Waals surface area (Å²) >= 11 is 0. The quantitative estimate of drug-likeness (QED) is 0.131. The van der Waals surface area contributed by atoms with Crippen LogP contribution in [0.2, 0.25) is 0 Å². The van der Waals surface area contributed by atoms with Crippen molar-refractivity contribution in [2.45, 2.75) is 163 Å². The van der Waals surface area contributed by atoms with Gasteiger partial charge >= 0.3 is 0 Å². The van der Waals surface area contributed by atoms with Gasteiger partial charge in [-0.15, -0.1) is 0 Å². The molecule has 4 aliphatic rings. The Labute approximate surface area is 353 Å². The number of benzene rings is 4. The van der Waals surface area contributed by atoms with Crippen molar-refractivity contribution in [3.63, 3.8) is 0 Å². The average Bonchev–Trinajstić information content (AvgIpc) is 3.23. The van der Waals surface area contributed by atoms with E-state index in [0.29, 0.717) is 41.9 Å². The van der Waals surface area contributed by atoms with Crippen molar-refractivity contribution in [3.05, 3.63) is 122 Å². The Morgan fingerprint density at radius 2 is 0.950 bits per heavy atom. The smallest absolute Gasteiger partial charge is 0.201 e. The molecule has 0 amide bonds. The fourth-order valence-electron chi connectivity index (χ4n) is 8.75. The van der Waals surface area contributed by atoms with Crippen molar-refractivity contribution in [3.8, 4) is 17.2 Å². The molecular weight excluding hydrogens is 775 g/mol. The number of fused-ring (bicyclic) bond motifs is 3. The van der Waals surface area contributed by atoms with Crippen LogP contribution >= 0.6 is 0 Å². The first kappa shape index (κ1) is 45.4. The van der Waals surface area contributed by atoms with Gasteiger partial charge in [-0.25, -0.2) is 13.2 Å². The van der Waals surface area contributed by atoms with Crippen LogP contribution in [-0.4, -0.2) is 18.3 Å². The van der Waals surface area contributed by atoms with Gasteiger partial charge in [-0.1, -0.05) is 69.4 Å². The van der Waals surface area contributed by atoms with Gasteiger partial charge in [0, 0.05) is 6.42 Å². The summed E-state index contributed by atoms with van der Waals surface area (Å²) in [5, 5.41) is 0. The molecule has 1 saturated carbocycles. The molecular formula is C51H62F6O3. The Bertz CT molecular complexity index is 2070. The topological polar surface area (TPSA) is 27.7 Å². The van der Waals surface area contributed by atoms with E-state index < -0.39 is 34.9 Å². The van der Waals surface area contributed by atoms with Gasteiger partial charge in [-0.2, -0.15) is 13.2 Å². The first-order chi connectivity index (χ1) is 28.7. The second-order valence-electron chi connectivity index (χ2n) is 17.8. The van der Waals surface area contributed by atoms with E-state index in [0.717, 1.165) is 104 Å². The summed E-state index contributed by atoms with van der Waals surface area (Å²) in [5.74, 6) is -2.98. The van der Waals surface area contributed by atoms with Crippen molar-refractivity contribution < 1.29 is 40.6 Å². The van der Waals surface area contributed by atoms with Crippen molar-refractivity contribution in [2.24, 2.45) is 11.8 Å². The van der Waals surface area contributed by atoms with E-state index >= 15 is 0 Å². The van der Waals surface area contributed by atoms with Crippen LogP contribution in [-0.2, 0) is 38.5 Å². The summed E-state index contributed by atoms with van der Waals surface area (Å²) in [6.45, 7) is 12.0. The molecule has 0 bridgehead atoms. The van der Waals surface area contributed by atoms with Gasteiger partial charge < -0.3 is 14.2 Å². The highest BCUT2D eigenvalue weighted by Gasteiger charge is 2.29. The molecule has 0 spiro atoms. The van der Waals surface area contributed by atoms with Gasteiger partial charge in [0.05, 0.1) is 18.3 Å². The van der Waals surface area contributed by atoms with Gasteiger partial charge in [0.2, 0.25) is 17.5 Å². The fraction of sp³-hybridized carbons (Fsp3) is 0.529. The maximum Gasteiger partial charge on any atom is 0.201 e. The van der Waals surface area contributed by atoms with Gasteiger partial charge in [0.15, 0.2) is 34.7 Å². The van der Waals surface area contributed by atoms with Crippen LogP contribution in [0.4, 0.5) is 26.3 Å². The first-order valence-electron chi connectivity index (χ1n) is 22.3. The van der Waals surface area contributed by atoms with E-state index in [4.69, 9.17) is 14.2 Å². The minimum Gasteiger partial charge on any atom is -0.487 e. The number of ether oxygens (including phenoxy) is 3. The molecule has 326 valence electrons. The van der Waals surface area contributed by atoms with Crippen LogP contribution in [0, 0.1) is 53.7 Å². The lowest BCUT2D eigenvalue weighted by Gasteiger charge is -2.28. The van der Waals surface area contributed by atoms with Gasteiger partial charge in [0.1, 0.15) is 0 Å². The van der Waals surface area contributed by atoms with E-state index in [1.54, 1.807) is 12.1 Å². The van der Waals surface area contributed by atoms with Crippen molar-refractivity contribution in [2.75, 3.05) is 0 Å². The van der Waals surface area contributed by atoms with Crippen LogP contribution < -0.4 is 14.2 Å². The molecule has 1 aliphatic carbocycles. The zero-order valence-electron chi connectivity index (χ0n) is 36.2. The van der Waals surface area contributed by atoms with Crippen LogP contribution in [0.1, 0.15) is 143 Å². The number of rotatable bonds is 8. The van der Waals surface area contributed by atoms with Crippen molar-refractivity contribution in [1.29, 1.82) is 0 Å². The Morgan fingerprint density at radius 1 is 0.517 bits per heavy atom. The third-order valence-corrected chi connectivity index (χ3v) is 12.6. The third-order valence-electron chi connectivity index (χ3n) is 12.6. The Hall–Kier alpha value is -4.14. The third kappa shape index (κ3) is 11.2. The molecule has 0 N–H and O–H groups in total. The Balaban J connectivity index is 0.000000152. The van der Waals surface area contributed by atoms with Crippen LogP contribution in [0.15, 0.2) is 42.5 Å². The van der Waals surface area contributed by atoms with E-state index in [9.17, 15) is 26.3 Å². The summed E-state index contributed by atoms with van der Waals surface area (Å²) in [5.41, 5.74) is 6.00. The normalized spacial score (nSPS) is 21.6. The maximum atomic E-state index is 14.3. The number of hydrogen-bond acceptors (Lipinski definition) is 3. The zero-order valence-corrected chi connectivity index (χ0v) is 36.2. The molecule has 0 radical (unpaired) electrons. The Kier molecular flexibility index (Phi) is 15.6. The van der Waals surface area contributed by atoms with Crippen LogP contribution in [0.3, 0.4) is 0 Å². The van der Waals surface area contributed by atoms with Gasteiger partial charge in [-0.3, -0.25) is 0 Å². The molecule has 1 fully saturated rings. The zero-order chi connectivity index (χ0) is 43.1. The van der Waals surface area contributed by atoms with E-state index in [2.05, 4.69) is 13.8 Å². The lowest BCUT2D eigenvalue weighted by atomic mass is 9.80. The molecule has 8 rings (SSSR count). The monoisotopic (exact) mass is 836 g/mol. The summed E-state index contributed by atoms with van der Waals surface area (Å²) in [6, 6.07) is 13.2. The minimum absolute atomic E-state index is 0.0302. The second-order valence-corrected chi connectivity index (χ2v) is 17.8. The highest BCUT2D eigenvalue weighted by molar-refractivity contribution is 5.44. The number of hydrogen-bond donors (Lipinski definition) is 0. The molecule has 3 heterocycles. The standard InChI is InChI=1S/C18H24F2O.C18H18F2O.C15H20F2O/c2*1-11-3-6-13(7-4-11)9-15-10-14-8-5-12(2)21-18(14)17(20)16(15)19;1-3-4-5-6-11-9-12-8-7-10(2)18-15(12)14(17)13(11)16/h10-13H,3-9H2,1-2H3;3-4,6-7,10,12H,5,8-9H2,1-2H3;9-10H,3-8H2,1-2H3. The fourth-order valence-corrected chi connectivity index (χ4v) is 8.75. The molecule has 0 saturated heterocycles. The average molecular weight is 837 g/mol.